The molecule has 2 aromatic carbocycles. The van der Waals surface area contributed by atoms with Gasteiger partial charge >= 0.3 is 0 Å². The maximum absolute atomic E-state index is 14.1. The van der Waals surface area contributed by atoms with Gasteiger partial charge in [0.15, 0.2) is 0 Å². The molecule has 0 amide bonds. The van der Waals surface area contributed by atoms with Gasteiger partial charge in [0, 0.05) is 11.9 Å². The third-order valence-corrected chi connectivity index (χ3v) is 3.55. The van der Waals surface area contributed by atoms with E-state index in [1.165, 1.54) is 6.07 Å². The zero-order chi connectivity index (χ0) is 14.8. The molecule has 0 aliphatic carbocycles. The number of furan rings is 1. The van der Waals surface area contributed by atoms with Gasteiger partial charge in [-0.15, -0.1) is 0 Å². The summed E-state index contributed by atoms with van der Waals surface area (Å²) >= 11 is 0. The largest absolute Gasteiger partial charge is 0.456 e. The number of hydrogen-bond acceptors (Lipinski definition) is 2. The molecule has 0 spiro atoms. The Morgan fingerprint density at radius 2 is 1.95 bits per heavy atom. The summed E-state index contributed by atoms with van der Waals surface area (Å²) in [7, 11) is 0. The van der Waals surface area contributed by atoms with Gasteiger partial charge in [-0.3, -0.25) is 0 Å². The second-order valence-corrected chi connectivity index (χ2v) is 5.25. The average molecular weight is 283 g/mol. The number of aryl methyl sites for hydroxylation is 1. The molecule has 3 heteroatoms. The highest BCUT2D eigenvalue weighted by Gasteiger charge is 2.11. The summed E-state index contributed by atoms with van der Waals surface area (Å²) in [5, 5.41) is 4.25. The Kier molecular flexibility index (Phi) is 3.76. The van der Waals surface area contributed by atoms with Crippen molar-refractivity contribution < 1.29 is 8.81 Å². The van der Waals surface area contributed by atoms with E-state index in [-0.39, 0.29) is 5.82 Å². The zero-order valence-electron chi connectivity index (χ0n) is 12.2. The fraction of sp³-hybridized carbons (Fsp3) is 0.222. The summed E-state index contributed by atoms with van der Waals surface area (Å²) in [4.78, 5) is 0. The molecular weight excluding hydrogens is 265 g/mol. The van der Waals surface area contributed by atoms with Crippen molar-refractivity contribution in [3.05, 3.63) is 59.4 Å². The maximum Gasteiger partial charge on any atom is 0.138 e. The number of fused-ring (bicyclic) bond motifs is 1. The summed E-state index contributed by atoms with van der Waals surface area (Å²) in [6.45, 7) is 5.69. The lowest BCUT2D eigenvalue weighted by Gasteiger charge is -2.05. The van der Waals surface area contributed by atoms with Crippen LogP contribution in [0.5, 0.6) is 0 Å². The van der Waals surface area contributed by atoms with Crippen molar-refractivity contribution >= 4 is 11.0 Å². The Labute approximate surface area is 123 Å². The van der Waals surface area contributed by atoms with Gasteiger partial charge in [-0.25, -0.2) is 4.39 Å². The van der Waals surface area contributed by atoms with Gasteiger partial charge in [-0.05, 0) is 49.4 Å². The Morgan fingerprint density at radius 1 is 1.10 bits per heavy atom. The predicted molar refractivity (Wildman–Crippen MR) is 83.7 cm³/mol. The molecule has 3 rings (SSSR count). The van der Waals surface area contributed by atoms with E-state index >= 15 is 0 Å². The number of hydrogen-bond donors (Lipinski definition) is 1. The second kappa shape index (κ2) is 5.70. The van der Waals surface area contributed by atoms with Crippen LogP contribution in [0.4, 0.5) is 4.39 Å². The van der Waals surface area contributed by atoms with Crippen LogP contribution >= 0.6 is 0 Å². The van der Waals surface area contributed by atoms with E-state index in [1.54, 1.807) is 6.07 Å². The van der Waals surface area contributed by atoms with E-state index in [2.05, 4.69) is 5.32 Å². The van der Waals surface area contributed by atoms with Crippen LogP contribution in [0.1, 0.15) is 18.1 Å². The summed E-state index contributed by atoms with van der Waals surface area (Å²) in [6.07, 6.45) is 0. The molecule has 0 bridgehead atoms. The summed E-state index contributed by atoms with van der Waals surface area (Å²) in [6, 6.07) is 13.0. The topological polar surface area (TPSA) is 25.2 Å². The molecule has 108 valence electrons. The van der Waals surface area contributed by atoms with Crippen LogP contribution in [-0.2, 0) is 6.54 Å². The first-order chi connectivity index (χ1) is 10.2. The van der Waals surface area contributed by atoms with E-state index in [0.29, 0.717) is 11.3 Å². The third-order valence-electron chi connectivity index (χ3n) is 3.55. The Morgan fingerprint density at radius 3 is 2.76 bits per heavy atom. The molecule has 0 radical (unpaired) electrons. The number of benzene rings is 2. The lowest BCUT2D eigenvalue weighted by Crippen LogP contribution is -2.11. The van der Waals surface area contributed by atoms with Crippen molar-refractivity contribution in [2.45, 2.75) is 20.4 Å². The van der Waals surface area contributed by atoms with Gasteiger partial charge in [-0.2, -0.15) is 0 Å². The van der Waals surface area contributed by atoms with Crippen molar-refractivity contribution in [3.8, 4) is 11.3 Å². The van der Waals surface area contributed by atoms with E-state index in [1.807, 2.05) is 44.2 Å². The molecule has 21 heavy (non-hydrogen) atoms. The van der Waals surface area contributed by atoms with Gasteiger partial charge in [0.05, 0.1) is 5.56 Å². The van der Waals surface area contributed by atoms with E-state index in [4.69, 9.17) is 4.42 Å². The molecule has 0 unspecified atom stereocenters. The molecule has 3 aromatic rings. The highest BCUT2D eigenvalue weighted by Crippen LogP contribution is 2.30. The van der Waals surface area contributed by atoms with Crippen LogP contribution in [0.15, 0.2) is 46.9 Å². The van der Waals surface area contributed by atoms with E-state index in [9.17, 15) is 4.39 Å². The lowest BCUT2D eigenvalue weighted by atomic mass is 10.1. The monoisotopic (exact) mass is 283 g/mol. The normalized spacial score (nSPS) is 11.2. The summed E-state index contributed by atoms with van der Waals surface area (Å²) < 4.78 is 19.9. The van der Waals surface area contributed by atoms with Crippen molar-refractivity contribution in [1.82, 2.24) is 5.32 Å². The molecule has 2 nitrogen and oxygen atoms in total. The van der Waals surface area contributed by atoms with Gasteiger partial charge in [0.1, 0.15) is 17.2 Å². The summed E-state index contributed by atoms with van der Waals surface area (Å²) in [5.41, 5.74) is 3.51. The van der Waals surface area contributed by atoms with Crippen molar-refractivity contribution in [1.29, 1.82) is 0 Å². The molecule has 1 N–H and O–H groups in total. The van der Waals surface area contributed by atoms with Crippen LogP contribution in [0.25, 0.3) is 22.3 Å². The van der Waals surface area contributed by atoms with Gasteiger partial charge in [0.2, 0.25) is 0 Å². The fourth-order valence-electron chi connectivity index (χ4n) is 2.44. The quantitative estimate of drug-likeness (QED) is 0.753. The molecule has 0 aliphatic heterocycles. The molecule has 1 aromatic heterocycles. The molecular formula is C18H18FNO. The van der Waals surface area contributed by atoms with Crippen molar-refractivity contribution in [2.75, 3.05) is 6.54 Å². The second-order valence-electron chi connectivity index (χ2n) is 5.25. The number of rotatable bonds is 4. The Hall–Kier alpha value is -2.13. The Bertz CT molecular complexity index is 776. The lowest BCUT2D eigenvalue weighted by molar-refractivity contribution is 0.600. The van der Waals surface area contributed by atoms with Gasteiger partial charge < -0.3 is 9.73 Å². The van der Waals surface area contributed by atoms with Crippen molar-refractivity contribution in [3.63, 3.8) is 0 Å². The fourth-order valence-corrected chi connectivity index (χ4v) is 2.44. The highest BCUT2D eigenvalue weighted by atomic mass is 19.1. The van der Waals surface area contributed by atoms with Crippen LogP contribution in [-0.4, -0.2) is 6.54 Å². The first kappa shape index (κ1) is 13.8. The highest BCUT2D eigenvalue weighted by molar-refractivity contribution is 5.83. The smallest absolute Gasteiger partial charge is 0.138 e. The Balaban J connectivity index is 2.04. The van der Waals surface area contributed by atoms with Crippen LogP contribution in [0.3, 0.4) is 0 Å². The first-order valence-corrected chi connectivity index (χ1v) is 7.17. The van der Waals surface area contributed by atoms with Crippen LogP contribution in [0.2, 0.25) is 0 Å². The van der Waals surface area contributed by atoms with Crippen LogP contribution in [0, 0.1) is 12.7 Å². The minimum atomic E-state index is -0.258. The molecule has 1 heterocycles. The average Bonchev–Trinajstić information content (AvgIpc) is 2.89. The van der Waals surface area contributed by atoms with Gasteiger partial charge in [-0.1, -0.05) is 24.6 Å². The molecule has 0 fully saturated rings. The predicted octanol–water partition coefficient (Wildman–Crippen LogP) is 4.66. The zero-order valence-corrected chi connectivity index (χ0v) is 12.2. The third kappa shape index (κ3) is 2.83. The molecule has 0 saturated heterocycles. The van der Waals surface area contributed by atoms with Crippen molar-refractivity contribution in [2.24, 2.45) is 0 Å². The number of nitrogens with one attached hydrogen (secondary N) is 1. The van der Waals surface area contributed by atoms with E-state index < -0.39 is 0 Å². The maximum atomic E-state index is 14.1. The van der Waals surface area contributed by atoms with Crippen LogP contribution < -0.4 is 5.32 Å². The minimum Gasteiger partial charge on any atom is -0.456 e. The SMILES string of the molecule is CCNCc1ccc(F)c(-c2cc3cc(C)ccc3o2)c1. The van der Waals surface area contributed by atoms with Gasteiger partial charge in [0.25, 0.3) is 0 Å². The molecule has 0 aliphatic rings. The number of halogens is 1. The summed E-state index contributed by atoms with van der Waals surface area (Å²) in [5.74, 6) is 0.317. The first-order valence-electron chi connectivity index (χ1n) is 7.17. The minimum absolute atomic E-state index is 0.258. The molecule has 0 atom stereocenters. The molecule has 0 saturated carbocycles. The standard InChI is InChI=1S/C18H18FNO/c1-3-20-11-13-5-6-16(19)15(9-13)18-10-14-8-12(2)4-7-17(14)21-18/h4-10,20H,3,11H2,1-2H3. The van der Waals surface area contributed by atoms with E-state index in [0.717, 1.165) is 35.2 Å².